The summed E-state index contributed by atoms with van der Waals surface area (Å²) in [5.74, 6) is 0. The van der Waals surface area contributed by atoms with Crippen molar-refractivity contribution in [2.24, 2.45) is 0 Å². The number of fused-ring (bicyclic) bond motifs is 3. The van der Waals surface area contributed by atoms with Gasteiger partial charge >= 0.3 is 0 Å². The smallest absolute Gasteiger partial charge is 0.0649 e. The lowest BCUT2D eigenvalue weighted by Crippen LogP contribution is -2.59. The molecular weight excluding hydrogens is 246 g/mol. The van der Waals surface area contributed by atoms with Crippen molar-refractivity contribution in [2.45, 2.75) is 19.9 Å². The van der Waals surface area contributed by atoms with Crippen LogP contribution >= 0.6 is 11.6 Å². The third-order valence-corrected chi connectivity index (χ3v) is 4.54. The van der Waals surface area contributed by atoms with Crippen molar-refractivity contribution in [3.8, 4) is 0 Å². The molecule has 18 heavy (non-hydrogen) atoms. The first kappa shape index (κ1) is 12.1. The number of piperazine rings is 1. The molecule has 1 fully saturated rings. The van der Waals surface area contributed by atoms with E-state index in [1.165, 1.54) is 16.9 Å². The molecule has 1 aromatic rings. The highest BCUT2D eigenvalue weighted by molar-refractivity contribution is 6.32. The van der Waals surface area contributed by atoms with E-state index in [-0.39, 0.29) is 0 Å². The van der Waals surface area contributed by atoms with Crippen molar-refractivity contribution in [2.75, 3.05) is 42.5 Å². The van der Waals surface area contributed by atoms with Gasteiger partial charge in [0, 0.05) is 37.7 Å². The monoisotopic (exact) mass is 265 g/mol. The maximum absolute atomic E-state index is 6.29. The number of nitrogens with zero attached hydrogens (tertiary/aromatic N) is 2. The van der Waals surface area contributed by atoms with E-state index in [1.54, 1.807) is 0 Å². The normalized spacial score (nSPS) is 22.7. The predicted molar refractivity (Wildman–Crippen MR) is 78.1 cm³/mol. The minimum Gasteiger partial charge on any atom is -0.368 e. The fourth-order valence-corrected chi connectivity index (χ4v) is 3.32. The Morgan fingerprint density at radius 3 is 3.06 bits per heavy atom. The van der Waals surface area contributed by atoms with Crippen molar-refractivity contribution in [1.82, 2.24) is 5.32 Å². The Labute approximate surface area is 114 Å². The fraction of sp³-hybridized carbons (Fsp3) is 0.571. The minimum absolute atomic E-state index is 0.590. The van der Waals surface area contributed by atoms with Crippen LogP contribution in [-0.4, -0.2) is 38.8 Å². The van der Waals surface area contributed by atoms with Crippen molar-refractivity contribution >= 4 is 23.0 Å². The zero-order valence-corrected chi connectivity index (χ0v) is 11.8. The standard InChI is InChI=1S/C14H20ClN3/c1-3-17-9-11-8-16-6-7-18(11)13-5-4-12(15)10(2)14(13)17/h4-5,11,16H,3,6-9H2,1-2H3. The molecule has 2 heterocycles. The number of likely N-dealkylation sites (N-methyl/N-ethyl adjacent to an activating group) is 1. The zero-order valence-electron chi connectivity index (χ0n) is 11.0. The highest BCUT2D eigenvalue weighted by atomic mass is 35.5. The van der Waals surface area contributed by atoms with E-state index in [0.717, 1.165) is 37.7 Å². The van der Waals surface area contributed by atoms with Gasteiger partial charge < -0.3 is 15.1 Å². The van der Waals surface area contributed by atoms with Crippen LogP contribution in [0.25, 0.3) is 0 Å². The van der Waals surface area contributed by atoms with Gasteiger partial charge in [0.05, 0.1) is 17.4 Å². The van der Waals surface area contributed by atoms with Gasteiger partial charge in [-0.1, -0.05) is 11.6 Å². The first-order valence-corrected chi connectivity index (χ1v) is 7.11. The topological polar surface area (TPSA) is 18.5 Å². The maximum atomic E-state index is 6.29. The summed E-state index contributed by atoms with van der Waals surface area (Å²) in [5.41, 5.74) is 3.91. The largest absolute Gasteiger partial charge is 0.368 e. The highest BCUT2D eigenvalue weighted by Gasteiger charge is 2.32. The van der Waals surface area contributed by atoms with E-state index in [0.29, 0.717) is 6.04 Å². The molecule has 0 saturated carbocycles. The van der Waals surface area contributed by atoms with Crippen molar-refractivity contribution in [3.05, 3.63) is 22.7 Å². The molecule has 2 aliphatic rings. The third kappa shape index (κ3) is 1.77. The molecule has 1 N–H and O–H groups in total. The van der Waals surface area contributed by atoms with Crippen LogP contribution in [0.5, 0.6) is 0 Å². The molecular formula is C14H20ClN3. The molecule has 2 aliphatic heterocycles. The van der Waals surface area contributed by atoms with Crippen molar-refractivity contribution in [3.63, 3.8) is 0 Å². The number of nitrogens with one attached hydrogen (secondary N) is 1. The van der Waals surface area contributed by atoms with Crippen LogP contribution in [0, 0.1) is 6.92 Å². The number of rotatable bonds is 1. The van der Waals surface area contributed by atoms with Crippen LogP contribution < -0.4 is 15.1 Å². The summed E-state index contributed by atoms with van der Waals surface area (Å²) in [6.07, 6.45) is 0. The third-order valence-electron chi connectivity index (χ3n) is 4.13. The molecule has 1 atom stereocenters. The Morgan fingerprint density at radius 2 is 2.28 bits per heavy atom. The Bertz CT molecular complexity index is 461. The van der Waals surface area contributed by atoms with Gasteiger partial charge in [-0.3, -0.25) is 0 Å². The van der Waals surface area contributed by atoms with Gasteiger partial charge in [-0.05, 0) is 31.5 Å². The van der Waals surface area contributed by atoms with Gasteiger partial charge in [0.15, 0.2) is 0 Å². The van der Waals surface area contributed by atoms with Gasteiger partial charge in [-0.25, -0.2) is 0 Å². The minimum atomic E-state index is 0.590. The number of hydrogen-bond donors (Lipinski definition) is 1. The van der Waals surface area contributed by atoms with E-state index in [2.05, 4.69) is 35.0 Å². The molecule has 0 spiro atoms. The second-order valence-corrected chi connectivity index (χ2v) is 5.54. The van der Waals surface area contributed by atoms with Gasteiger partial charge in [0.1, 0.15) is 0 Å². The fourth-order valence-electron chi connectivity index (χ4n) is 3.17. The Hall–Kier alpha value is -0.930. The average Bonchev–Trinajstić information content (AvgIpc) is 2.41. The lowest BCUT2D eigenvalue weighted by molar-refractivity contribution is 0.460. The van der Waals surface area contributed by atoms with Gasteiger partial charge in [-0.15, -0.1) is 0 Å². The summed E-state index contributed by atoms with van der Waals surface area (Å²) in [7, 11) is 0. The number of anilines is 2. The van der Waals surface area contributed by atoms with Crippen LogP contribution in [0.1, 0.15) is 12.5 Å². The molecule has 3 nitrogen and oxygen atoms in total. The second-order valence-electron chi connectivity index (χ2n) is 5.13. The molecule has 98 valence electrons. The Kier molecular flexibility index (Phi) is 3.12. The average molecular weight is 266 g/mol. The predicted octanol–water partition coefficient (Wildman–Crippen LogP) is 2.27. The molecule has 4 heteroatoms. The van der Waals surface area contributed by atoms with Crippen LogP contribution in [0.2, 0.25) is 5.02 Å². The molecule has 0 aromatic heterocycles. The lowest BCUT2D eigenvalue weighted by Gasteiger charge is -2.47. The van der Waals surface area contributed by atoms with Crippen LogP contribution in [0.4, 0.5) is 11.4 Å². The van der Waals surface area contributed by atoms with Crippen molar-refractivity contribution in [1.29, 1.82) is 0 Å². The van der Waals surface area contributed by atoms with Crippen LogP contribution in [0.3, 0.4) is 0 Å². The second kappa shape index (κ2) is 4.63. The van der Waals surface area contributed by atoms with Crippen LogP contribution in [0.15, 0.2) is 12.1 Å². The molecule has 1 unspecified atom stereocenters. The summed E-state index contributed by atoms with van der Waals surface area (Å²) in [4.78, 5) is 5.01. The Balaban J connectivity index is 2.10. The maximum Gasteiger partial charge on any atom is 0.0649 e. The summed E-state index contributed by atoms with van der Waals surface area (Å²) in [6.45, 7) is 9.73. The summed E-state index contributed by atoms with van der Waals surface area (Å²) in [5, 5.41) is 4.37. The van der Waals surface area contributed by atoms with Crippen LogP contribution in [-0.2, 0) is 0 Å². The number of benzene rings is 1. The van der Waals surface area contributed by atoms with E-state index >= 15 is 0 Å². The van der Waals surface area contributed by atoms with E-state index in [1.807, 2.05) is 6.07 Å². The molecule has 1 saturated heterocycles. The summed E-state index contributed by atoms with van der Waals surface area (Å²) >= 11 is 6.29. The molecule has 0 amide bonds. The quantitative estimate of drug-likeness (QED) is 0.840. The highest BCUT2D eigenvalue weighted by Crippen LogP contribution is 2.41. The number of hydrogen-bond acceptors (Lipinski definition) is 3. The molecule has 3 rings (SSSR count). The van der Waals surface area contributed by atoms with E-state index in [9.17, 15) is 0 Å². The first-order valence-electron chi connectivity index (χ1n) is 6.73. The number of halogens is 1. The van der Waals surface area contributed by atoms with E-state index < -0.39 is 0 Å². The SMILES string of the molecule is CCN1CC2CNCCN2c2ccc(Cl)c(C)c21. The lowest BCUT2D eigenvalue weighted by atomic mass is 10.0. The van der Waals surface area contributed by atoms with Crippen molar-refractivity contribution < 1.29 is 0 Å². The van der Waals surface area contributed by atoms with Gasteiger partial charge in [0.25, 0.3) is 0 Å². The zero-order chi connectivity index (χ0) is 12.7. The van der Waals surface area contributed by atoms with Gasteiger partial charge in [0.2, 0.25) is 0 Å². The molecule has 0 aliphatic carbocycles. The molecule has 0 radical (unpaired) electrons. The summed E-state index contributed by atoms with van der Waals surface area (Å²) < 4.78 is 0. The first-order chi connectivity index (χ1) is 8.72. The van der Waals surface area contributed by atoms with E-state index in [4.69, 9.17) is 11.6 Å². The van der Waals surface area contributed by atoms with Gasteiger partial charge in [-0.2, -0.15) is 0 Å². The summed E-state index contributed by atoms with van der Waals surface area (Å²) in [6, 6.07) is 4.81. The Morgan fingerprint density at radius 1 is 1.44 bits per heavy atom. The molecule has 0 bridgehead atoms. The molecule has 1 aromatic carbocycles.